The lowest BCUT2D eigenvalue weighted by Gasteiger charge is -2.19. The van der Waals surface area contributed by atoms with Gasteiger partial charge in [0.25, 0.3) is 5.91 Å². The normalized spacial score (nSPS) is 13.2. The highest BCUT2D eigenvalue weighted by Crippen LogP contribution is 2.16. The molecule has 0 aliphatic carbocycles. The van der Waals surface area contributed by atoms with Crippen LogP contribution in [0, 0.1) is 0 Å². The molecule has 0 unspecified atom stereocenters. The summed E-state index contributed by atoms with van der Waals surface area (Å²) >= 11 is 0. The van der Waals surface area contributed by atoms with E-state index in [0.29, 0.717) is 18.4 Å². The SMILES string of the molecule is C=CCC[C@H](NC(=O)[C@H](OC)c1ccccc1)C(=O)O. The maximum Gasteiger partial charge on any atom is 0.326 e. The Balaban J connectivity index is 2.75. The van der Waals surface area contributed by atoms with Crippen LogP contribution < -0.4 is 5.32 Å². The first-order valence-electron chi connectivity index (χ1n) is 6.32. The molecule has 0 bridgehead atoms. The molecule has 1 amide bonds. The number of rotatable bonds is 8. The molecule has 0 fully saturated rings. The number of carboxylic acids is 1. The number of nitrogens with one attached hydrogen (secondary N) is 1. The number of hydrogen-bond acceptors (Lipinski definition) is 3. The van der Waals surface area contributed by atoms with Crippen molar-refractivity contribution < 1.29 is 19.4 Å². The molecule has 1 aromatic rings. The molecule has 108 valence electrons. The minimum atomic E-state index is -1.07. The van der Waals surface area contributed by atoms with Crippen LogP contribution in [0.25, 0.3) is 0 Å². The van der Waals surface area contributed by atoms with Crippen LogP contribution in [0.1, 0.15) is 24.5 Å². The van der Waals surface area contributed by atoms with E-state index in [0.717, 1.165) is 0 Å². The van der Waals surface area contributed by atoms with Gasteiger partial charge in [-0.05, 0) is 18.4 Å². The number of benzene rings is 1. The largest absolute Gasteiger partial charge is 0.480 e. The van der Waals surface area contributed by atoms with Gasteiger partial charge in [0, 0.05) is 7.11 Å². The fourth-order valence-electron chi connectivity index (χ4n) is 1.81. The first-order chi connectivity index (χ1) is 9.60. The fraction of sp³-hybridized carbons (Fsp3) is 0.333. The average Bonchev–Trinajstić information content (AvgIpc) is 2.45. The number of amides is 1. The van der Waals surface area contributed by atoms with Crippen LogP contribution in [0.3, 0.4) is 0 Å². The summed E-state index contributed by atoms with van der Waals surface area (Å²) in [6, 6.07) is 7.99. The Morgan fingerprint density at radius 3 is 2.55 bits per heavy atom. The van der Waals surface area contributed by atoms with Crippen LogP contribution in [0.15, 0.2) is 43.0 Å². The highest BCUT2D eigenvalue weighted by molar-refractivity contribution is 5.87. The number of carboxylic acid groups (broad SMARTS) is 1. The van der Waals surface area contributed by atoms with Gasteiger partial charge in [0.05, 0.1) is 0 Å². The highest BCUT2D eigenvalue weighted by Gasteiger charge is 2.25. The smallest absolute Gasteiger partial charge is 0.326 e. The van der Waals surface area contributed by atoms with Gasteiger partial charge in [-0.25, -0.2) is 4.79 Å². The van der Waals surface area contributed by atoms with E-state index in [9.17, 15) is 9.59 Å². The number of carbonyl (C=O) groups excluding carboxylic acids is 1. The lowest BCUT2D eigenvalue weighted by Crippen LogP contribution is -2.43. The summed E-state index contributed by atoms with van der Waals surface area (Å²) in [7, 11) is 1.41. The lowest BCUT2D eigenvalue weighted by molar-refractivity contribution is -0.144. The second kappa shape index (κ2) is 8.12. The van der Waals surface area contributed by atoms with Crippen molar-refractivity contribution in [1.82, 2.24) is 5.32 Å². The third-order valence-corrected chi connectivity index (χ3v) is 2.85. The molecule has 2 atom stereocenters. The van der Waals surface area contributed by atoms with Crippen molar-refractivity contribution >= 4 is 11.9 Å². The first kappa shape index (κ1) is 15.9. The Labute approximate surface area is 118 Å². The van der Waals surface area contributed by atoms with Crippen molar-refractivity contribution in [2.45, 2.75) is 25.0 Å². The summed E-state index contributed by atoms with van der Waals surface area (Å²) in [5.41, 5.74) is 0.681. The minimum Gasteiger partial charge on any atom is -0.480 e. The van der Waals surface area contributed by atoms with Gasteiger partial charge in [0.15, 0.2) is 6.10 Å². The standard InChI is InChI=1S/C15H19NO4/c1-3-4-10-12(15(18)19)16-14(17)13(20-2)11-8-6-5-7-9-11/h3,5-9,12-13H,1,4,10H2,2H3,(H,16,17)(H,18,19)/t12-,13+/m0/s1. The second-order valence-corrected chi connectivity index (χ2v) is 4.29. The molecule has 5 nitrogen and oxygen atoms in total. The molecule has 0 saturated carbocycles. The molecular weight excluding hydrogens is 258 g/mol. The van der Waals surface area contributed by atoms with Crippen LogP contribution in [0.4, 0.5) is 0 Å². The Hall–Kier alpha value is -2.14. The number of hydrogen-bond donors (Lipinski definition) is 2. The van der Waals surface area contributed by atoms with E-state index < -0.39 is 24.0 Å². The molecule has 0 saturated heterocycles. The summed E-state index contributed by atoms with van der Waals surface area (Å²) in [6.07, 6.45) is 1.62. The van der Waals surface area contributed by atoms with Gasteiger partial charge in [-0.3, -0.25) is 4.79 Å². The van der Waals surface area contributed by atoms with Gasteiger partial charge < -0.3 is 15.2 Å². The maximum absolute atomic E-state index is 12.1. The Kier molecular flexibility index (Phi) is 6.46. The van der Waals surface area contributed by atoms with Gasteiger partial charge in [0.2, 0.25) is 0 Å². The molecule has 0 spiro atoms. The van der Waals surface area contributed by atoms with Gasteiger partial charge >= 0.3 is 5.97 Å². The lowest BCUT2D eigenvalue weighted by atomic mass is 10.1. The van der Waals surface area contributed by atoms with Crippen LogP contribution in [-0.4, -0.2) is 30.1 Å². The number of ether oxygens (including phenoxy) is 1. The van der Waals surface area contributed by atoms with Crippen LogP contribution in [-0.2, 0) is 14.3 Å². The van der Waals surface area contributed by atoms with E-state index in [1.54, 1.807) is 30.3 Å². The number of aliphatic carboxylic acids is 1. The van der Waals surface area contributed by atoms with Crippen molar-refractivity contribution in [3.05, 3.63) is 48.6 Å². The molecule has 0 aliphatic heterocycles. The summed E-state index contributed by atoms with van der Waals surface area (Å²) < 4.78 is 5.16. The van der Waals surface area contributed by atoms with E-state index >= 15 is 0 Å². The average molecular weight is 277 g/mol. The highest BCUT2D eigenvalue weighted by atomic mass is 16.5. The Morgan fingerprint density at radius 1 is 1.40 bits per heavy atom. The van der Waals surface area contributed by atoms with Crippen molar-refractivity contribution in [2.24, 2.45) is 0 Å². The van der Waals surface area contributed by atoms with Gasteiger partial charge in [-0.15, -0.1) is 6.58 Å². The molecule has 5 heteroatoms. The predicted octanol–water partition coefficient (Wildman–Crippen LogP) is 1.91. The van der Waals surface area contributed by atoms with Gasteiger partial charge in [-0.2, -0.15) is 0 Å². The van der Waals surface area contributed by atoms with Gasteiger partial charge in [0.1, 0.15) is 6.04 Å². The van der Waals surface area contributed by atoms with Crippen molar-refractivity contribution in [2.75, 3.05) is 7.11 Å². The summed E-state index contributed by atoms with van der Waals surface area (Å²) in [4.78, 5) is 23.2. The maximum atomic E-state index is 12.1. The summed E-state index contributed by atoms with van der Waals surface area (Å²) in [6.45, 7) is 3.54. The topological polar surface area (TPSA) is 75.6 Å². The molecule has 0 heterocycles. The molecule has 0 aromatic heterocycles. The molecule has 1 rings (SSSR count). The molecule has 2 N–H and O–H groups in total. The summed E-state index contributed by atoms with van der Waals surface area (Å²) in [5.74, 6) is -1.53. The minimum absolute atomic E-state index is 0.301. The molecule has 0 radical (unpaired) electrons. The van der Waals surface area contributed by atoms with Crippen LogP contribution in [0.2, 0.25) is 0 Å². The number of allylic oxidation sites excluding steroid dienone is 1. The van der Waals surface area contributed by atoms with Crippen molar-refractivity contribution in [3.8, 4) is 0 Å². The second-order valence-electron chi connectivity index (χ2n) is 4.29. The first-order valence-corrected chi connectivity index (χ1v) is 6.32. The van der Waals surface area contributed by atoms with Gasteiger partial charge in [-0.1, -0.05) is 36.4 Å². The molecule has 20 heavy (non-hydrogen) atoms. The quantitative estimate of drug-likeness (QED) is 0.712. The third kappa shape index (κ3) is 4.51. The summed E-state index contributed by atoms with van der Waals surface area (Å²) in [5, 5.41) is 11.6. The zero-order chi connectivity index (χ0) is 15.0. The van der Waals surface area contributed by atoms with E-state index in [1.807, 2.05) is 6.07 Å². The third-order valence-electron chi connectivity index (χ3n) is 2.85. The Bertz CT molecular complexity index is 458. The zero-order valence-corrected chi connectivity index (χ0v) is 11.4. The van der Waals surface area contributed by atoms with E-state index in [-0.39, 0.29) is 0 Å². The fourth-order valence-corrected chi connectivity index (χ4v) is 1.81. The number of methoxy groups -OCH3 is 1. The molecule has 1 aromatic carbocycles. The Morgan fingerprint density at radius 2 is 2.05 bits per heavy atom. The monoisotopic (exact) mass is 277 g/mol. The predicted molar refractivity (Wildman–Crippen MR) is 75.2 cm³/mol. The molecule has 0 aliphatic rings. The number of carbonyl (C=O) groups is 2. The zero-order valence-electron chi connectivity index (χ0n) is 11.4. The van der Waals surface area contributed by atoms with Crippen LogP contribution >= 0.6 is 0 Å². The van der Waals surface area contributed by atoms with Crippen molar-refractivity contribution in [1.29, 1.82) is 0 Å². The molecular formula is C15H19NO4. The van der Waals surface area contributed by atoms with E-state index in [1.165, 1.54) is 7.11 Å². The van der Waals surface area contributed by atoms with E-state index in [4.69, 9.17) is 9.84 Å². The van der Waals surface area contributed by atoms with Crippen LogP contribution in [0.5, 0.6) is 0 Å². The van der Waals surface area contributed by atoms with E-state index in [2.05, 4.69) is 11.9 Å². The van der Waals surface area contributed by atoms with Crippen molar-refractivity contribution in [3.63, 3.8) is 0 Å².